The number of hydrogen-bond acceptors (Lipinski definition) is 2. The summed E-state index contributed by atoms with van der Waals surface area (Å²) >= 11 is 0. The highest BCUT2D eigenvalue weighted by Gasteiger charge is 2.32. The number of amides is 1. The lowest BCUT2D eigenvalue weighted by atomic mass is 10.1. The molecule has 0 saturated carbocycles. The first-order chi connectivity index (χ1) is 11.6. The second kappa shape index (κ2) is 7.14. The van der Waals surface area contributed by atoms with Crippen LogP contribution < -0.4 is 4.90 Å². The number of carbonyl (C=O) groups excluding carboxylic acids is 1. The van der Waals surface area contributed by atoms with E-state index in [1.54, 1.807) is 12.1 Å². The van der Waals surface area contributed by atoms with Gasteiger partial charge in [-0.3, -0.25) is 9.69 Å². The SMILES string of the molecule is CCc1ccc(N2CCN(Cc3ccc(F)cc3)[C@@H](C)C2=O)cc1. The average molecular weight is 326 g/mol. The Morgan fingerprint density at radius 1 is 1.00 bits per heavy atom. The maximum Gasteiger partial charge on any atom is 0.244 e. The molecule has 1 aliphatic heterocycles. The van der Waals surface area contributed by atoms with Crippen LogP contribution in [0.1, 0.15) is 25.0 Å². The first-order valence-corrected chi connectivity index (χ1v) is 8.47. The molecule has 0 radical (unpaired) electrons. The Balaban J connectivity index is 1.69. The Hall–Kier alpha value is -2.20. The maximum atomic E-state index is 13.0. The van der Waals surface area contributed by atoms with Crippen molar-refractivity contribution >= 4 is 11.6 Å². The number of anilines is 1. The Labute approximate surface area is 142 Å². The van der Waals surface area contributed by atoms with Gasteiger partial charge in [0.25, 0.3) is 0 Å². The van der Waals surface area contributed by atoms with Crippen LogP contribution in [-0.2, 0) is 17.8 Å². The summed E-state index contributed by atoms with van der Waals surface area (Å²) < 4.78 is 13.0. The second-order valence-corrected chi connectivity index (χ2v) is 6.28. The molecule has 0 spiro atoms. The van der Waals surface area contributed by atoms with Crippen molar-refractivity contribution in [1.29, 1.82) is 0 Å². The first-order valence-electron chi connectivity index (χ1n) is 8.47. The minimum atomic E-state index is -0.233. The first kappa shape index (κ1) is 16.7. The summed E-state index contributed by atoms with van der Waals surface area (Å²) in [6.07, 6.45) is 0.996. The van der Waals surface area contributed by atoms with Crippen molar-refractivity contribution in [3.63, 3.8) is 0 Å². The quantitative estimate of drug-likeness (QED) is 0.857. The zero-order valence-corrected chi connectivity index (χ0v) is 14.2. The van der Waals surface area contributed by atoms with Crippen molar-refractivity contribution in [2.75, 3.05) is 18.0 Å². The van der Waals surface area contributed by atoms with Gasteiger partial charge in [-0.25, -0.2) is 4.39 Å². The molecule has 1 aliphatic rings. The minimum absolute atomic E-state index is 0.118. The summed E-state index contributed by atoms with van der Waals surface area (Å²) in [5, 5.41) is 0. The Morgan fingerprint density at radius 3 is 2.25 bits per heavy atom. The van der Waals surface area contributed by atoms with Crippen LogP contribution in [0.2, 0.25) is 0 Å². The van der Waals surface area contributed by atoms with E-state index in [-0.39, 0.29) is 17.8 Å². The number of piperazine rings is 1. The van der Waals surface area contributed by atoms with Gasteiger partial charge in [0.05, 0.1) is 6.04 Å². The highest BCUT2D eigenvalue weighted by atomic mass is 19.1. The number of aryl methyl sites for hydroxylation is 1. The molecule has 0 unspecified atom stereocenters. The molecule has 4 heteroatoms. The van der Waals surface area contributed by atoms with E-state index in [1.807, 2.05) is 24.0 Å². The molecule has 1 atom stereocenters. The van der Waals surface area contributed by atoms with Crippen LogP contribution in [0.3, 0.4) is 0 Å². The summed E-state index contributed by atoms with van der Waals surface area (Å²) in [7, 11) is 0. The van der Waals surface area contributed by atoms with Crippen molar-refractivity contribution in [2.45, 2.75) is 32.9 Å². The lowest BCUT2D eigenvalue weighted by Crippen LogP contribution is -2.55. The van der Waals surface area contributed by atoms with Crippen LogP contribution in [0.4, 0.5) is 10.1 Å². The molecule has 1 fully saturated rings. The van der Waals surface area contributed by atoms with Crippen LogP contribution in [0.15, 0.2) is 48.5 Å². The predicted octanol–water partition coefficient (Wildman–Crippen LogP) is 3.63. The summed E-state index contributed by atoms with van der Waals surface area (Å²) in [5.41, 5.74) is 3.26. The molecule has 0 bridgehead atoms. The molecule has 126 valence electrons. The van der Waals surface area contributed by atoms with Crippen LogP contribution in [0.5, 0.6) is 0 Å². The van der Waals surface area contributed by atoms with Crippen LogP contribution >= 0.6 is 0 Å². The maximum absolute atomic E-state index is 13.0. The lowest BCUT2D eigenvalue weighted by molar-refractivity contribution is -0.125. The van der Waals surface area contributed by atoms with E-state index in [0.29, 0.717) is 13.1 Å². The van der Waals surface area contributed by atoms with Gasteiger partial charge in [0, 0.05) is 25.3 Å². The van der Waals surface area contributed by atoms with Crippen LogP contribution in [-0.4, -0.2) is 29.9 Å². The summed E-state index contributed by atoms with van der Waals surface area (Å²) in [6.45, 7) is 6.21. The number of carbonyl (C=O) groups is 1. The number of benzene rings is 2. The van der Waals surface area contributed by atoms with E-state index in [1.165, 1.54) is 17.7 Å². The van der Waals surface area contributed by atoms with Gasteiger partial charge in [-0.15, -0.1) is 0 Å². The molecule has 0 aliphatic carbocycles. The third-order valence-corrected chi connectivity index (χ3v) is 4.74. The number of nitrogens with zero attached hydrogens (tertiary/aromatic N) is 2. The largest absolute Gasteiger partial charge is 0.310 e. The lowest BCUT2D eigenvalue weighted by Gasteiger charge is -2.39. The van der Waals surface area contributed by atoms with Crippen LogP contribution in [0, 0.1) is 5.82 Å². The zero-order valence-electron chi connectivity index (χ0n) is 14.2. The molecular formula is C20H23FN2O. The smallest absolute Gasteiger partial charge is 0.244 e. The Bertz CT molecular complexity index is 697. The summed E-state index contributed by atoms with van der Waals surface area (Å²) in [6, 6.07) is 14.5. The van der Waals surface area contributed by atoms with E-state index >= 15 is 0 Å². The van der Waals surface area contributed by atoms with E-state index in [0.717, 1.165) is 24.2 Å². The highest BCUT2D eigenvalue weighted by Crippen LogP contribution is 2.22. The van der Waals surface area contributed by atoms with E-state index < -0.39 is 0 Å². The van der Waals surface area contributed by atoms with Gasteiger partial charge in [0.1, 0.15) is 5.82 Å². The topological polar surface area (TPSA) is 23.6 Å². The molecule has 2 aromatic rings. The molecule has 2 aromatic carbocycles. The van der Waals surface area contributed by atoms with Crippen molar-refractivity contribution < 1.29 is 9.18 Å². The molecule has 1 amide bonds. The average Bonchev–Trinajstić information content (AvgIpc) is 2.61. The molecule has 0 N–H and O–H groups in total. The van der Waals surface area contributed by atoms with Crippen molar-refractivity contribution in [3.8, 4) is 0 Å². The van der Waals surface area contributed by atoms with Crippen molar-refractivity contribution in [3.05, 3.63) is 65.5 Å². The summed E-state index contributed by atoms with van der Waals surface area (Å²) in [4.78, 5) is 16.8. The van der Waals surface area contributed by atoms with Gasteiger partial charge in [-0.2, -0.15) is 0 Å². The fraction of sp³-hybridized carbons (Fsp3) is 0.350. The summed E-state index contributed by atoms with van der Waals surface area (Å²) in [5.74, 6) is -0.115. The molecule has 0 aromatic heterocycles. The second-order valence-electron chi connectivity index (χ2n) is 6.28. The Kier molecular flexibility index (Phi) is 4.95. The van der Waals surface area contributed by atoms with Gasteiger partial charge in [0.2, 0.25) is 5.91 Å². The van der Waals surface area contributed by atoms with E-state index in [9.17, 15) is 9.18 Å². The number of hydrogen-bond donors (Lipinski definition) is 0. The van der Waals surface area contributed by atoms with Crippen molar-refractivity contribution in [2.24, 2.45) is 0 Å². The minimum Gasteiger partial charge on any atom is -0.310 e. The van der Waals surface area contributed by atoms with Gasteiger partial charge in [0.15, 0.2) is 0 Å². The third-order valence-electron chi connectivity index (χ3n) is 4.74. The number of halogens is 1. The van der Waals surface area contributed by atoms with Crippen LogP contribution in [0.25, 0.3) is 0 Å². The predicted molar refractivity (Wildman–Crippen MR) is 94.4 cm³/mol. The highest BCUT2D eigenvalue weighted by molar-refractivity contribution is 5.97. The standard InChI is InChI=1S/C20H23FN2O/c1-3-16-6-10-19(11-7-16)23-13-12-22(15(2)20(23)24)14-17-4-8-18(21)9-5-17/h4-11,15H,3,12-14H2,1-2H3/t15-/m0/s1. The normalized spacial score (nSPS) is 18.9. The number of rotatable bonds is 4. The zero-order chi connectivity index (χ0) is 17.1. The fourth-order valence-electron chi connectivity index (χ4n) is 3.12. The van der Waals surface area contributed by atoms with E-state index in [4.69, 9.17) is 0 Å². The fourth-order valence-corrected chi connectivity index (χ4v) is 3.12. The molecular weight excluding hydrogens is 303 g/mol. The third kappa shape index (κ3) is 3.49. The molecule has 1 heterocycles. The molecule has 1 saturated heterocycles. The van der Waals surface area contributed by atoms with Crippen molar-refractivity contribution in [1.82, 2.24) is 4.90 Å². The molecule has 24 heavy (non-hydrogen) atoms. The van der Waals surface area contributed by atoms with E-state index in [2.05, 4.69) is 24.0 Å². The van der Waals surface area contributed by atoms with Gasteiger partial charge < -0.3 is 4.90 Å². The molecule has 3 nitrogen and oxygen atoms in total. The van der Waals surface area contributed by atoms with Gasteiger partial charge in [-0.1, -0.05) is 31.2 Å². The molecule has 3 rings (SSSR count). The van der Waals surface area contributed by atoms with Gasteiger partial charge >= 0.3 is 0 Å². The van der Waals surface area contributed by atoms with Gasteiger partial charge in [-0.05, 0) is 48.7 Å². The Morgan fingerprint density at radius 2 is 1.62 bits per heavy atom. The monoisotopic (exact) mass is 326 g/mol.